The molecule has 1 aliphatic rings. The van der Waals surface area contributed by atoms with Gasteiger partial charge in [-0.1, -0.05) is 19.3 Å². The normalized spacial score (nSPS) is 15.2. The first kappa shape index (κ1) is 21.5. The van der Waals surface area contributed by atoms with Gasteiger partial charge in [0.25, 0.3) is 5.91 Å². The second-order valence-corrected chi connectivity index (χ2v) is 6.62. The monoisotopic (exact) mass is 392 g/mol. The van der Waals surface area contributed by atoms with Gasteiger partial charge in [0.15, 0.2) is 12.7 Å². The number of ether oxygens (including phenoxy) is 3. The predicted molar refractivity (Wildman–Crippen MR) is 102 cm³/mol. The van der Waals surface area contributed by atoms with E-state index in [0.717, 1.165) is 25.7 Å². The Morgan fingerprint density at radius 3 is 2.25 bits per heavy atom. The van der Waals surface area contributed by atoms with E-state index in [9.17, 15) is 14.4 Å². The van der Waals surface area contributed by atoms with Crippen molar-refractivity contribution in [3.05, 3.63) is 24.3 Å². The molecular formula is C20H28N2O6. The molecule has 1 aromatic rings. The lowest BCUT2D eigenvalue weighted by Crippen LogP contribution is -2.48. The number of hydrogen-bond acceptors (Lipinski definition) is 6. The smallest absolute Gasteiger partial charge is 0.344 e. The van der Waals surface area contributed by atoms with Crippen LogP contribution in [0.4, 0.5) is 4.79 Å². The standard InChI is InChI=1S/C20H28N2O6/c1-3-26-16-9-11-17(12-10-16)27-13-18(23)28-14(2)19(24)22-20(25)21-15-7-5-4-6-8-15/h9-12,14-15H,3-8,13H2,1-2H3,(H2,21,22,24,25)/t14-/m0/s1. The molecule has 1 fully saturated rings. The van der Waals surface area contributed by atoms with Gasteiger partial charge < -0.3 is 19.5 Å². The molecule has 1 aromatic carbocycles. The number of nitrogens with one attached hydrogen (secondary N) is 2. The number of benzene rings is 1. The minimum Gasteiger partial charge on any atom is -0.494 e. The average Bonchev–Trinajstić information content (AvgIpc) is 2.68. The van der Waals surface area contributed by atoms with E-state index in [4.69, 9.17) is 14.2 Å². The molecule has 1 atom stereocenters. The molecule has 2 rings (SSSR count). The van der Waals surface area contributed by atoms with Crippen molar-refractivity contribution in [2.24, 2.45) is 0 Å². The Morgan fingerprint density at radius 1 is 1.04 bits per heavy atom. The lowest BCUT2D eigenvalue weighted by Gasteiger charge is -2.23. The fraction of sp³-hybridized carbons (Fsp3) is 0.550. The molecule has 0 radical (unpaired) electrons. The maximum absolute atomic E-state index is 12.0. The Hall–Kier alpha value is -2.77. The number of carbonyl (C=O) groups is 3. The van der Waals surface area contributed by atoms with Gasteiger partial charge in [0.2, 0.25) is 0 Å². The summed E-state index contributed by atoms with van der Waals surface area (Å²) in [5.74, 6) is -0.203. The maximum atomic E-state index is 12.0. The Kier molecular flexibility index (Phi) is 8.58. The summed E-state index contributed by atoms with van der Waals surface area (Å²) in [7, 11) is 0. The average molecular weight is 392 g/mol. The third-order valence-corrected chi connectivity index (χ3v) is 4.35. The molecule has 0 aromatic heterocycles. The van der Waals surface area contributed by atoms with E-state index in [1.807, 2.05) is 6.92 Å². The molecule has 154 valence electrons. The highest BCUT2D eigenvalue weighted by atomic mass is 16.6. The van der Waals surface area contributed by atoms with Crippen molar-refractivity contribution < 1.29 is 28.6 Å². The highest BCUT2D eigenvalue weighted by Crippen LogP contribution is 2.18. The van der Waals surface area contributed by atoms with Crippen LogP contribution in [-0.2, 0) is 14.3 Å². The number of carbonyl (C=O) groups excluding carboxylic acids is 3. The maximum Gasteiger partial charge on any atom is 0.344 e. The van der Waals surface area contributed by atoms with E-state index in [1.54, 1.807) is 24.3 Å². The first-order valence-electron chi connectivity index (χ1n) is 9.64. The highest BCUT2D eigenvalue weighted by Gasteiger charge is 2.22. The molecule has 28 heavy (non-hydrogen) atoms. The summed E-state index contributed by atoms with van der Waals surface area (Å²) in [4.78, 5) is 35.7. The molecule has 8 heteroatoms. The van der Waals surface area contributed by atoms with Crippen LogP contribution in [0.2, 0.25) is 0 Å². The third-order valence-electron chi connectivity index (χ3n) is 4.35. The fourth-order valence-electron chi connectivity index (χ4n) is 2.91. The lowest BCUT2D eigenvalue weighted by molar-refractivity contribution is -0.156. The van der Waals surface area contributed by atoms with Gasteiger partial charge in [-0.15, -0.1) is 0 Å². The van der Waals surface area contributed by atoms with E-state index in [-0.39, 0.29) is 12.6 Å². The van der Waals surface area contributed by atoms with Gasteiger partial charge in [-0.2, -0.15) is 0 Å². The lowest BCUT2D eigenvalue weighted by atomic mass is 9.96. The molecule has 1 aliphatic carbocycles. The predicted octanol–water partition coefficient (Wildman–Crippen LogP) is 2.55. The van der Waals surface area contributed by atoms with Crippen molar-refractivity contribution in [2.75, 3.05) is 13.2 Å². The molecule has 0 saturated heterocycles. The molecule has 0 spiro atoms. The first-order valence-corrected chi connectivity index (χ1v) is 9.64. The van der Waals surface area contributed by atoms with E-state index in [2.05, 4.69) is 10.6 Å². The van der Waals surface area contributed by atoms with Crippen LogP contribution in [0.1, 0.15) is 46.0 Å². The number of rotatable bonds is 8. The summed E-state index contributed by atoms with van der Waals surface area (Å²) < 4.78 is 15.6. The molecule has 0 heterocycles. The van der Waals surface area contributed by atoms with E-state index in [1.165, 1.54) is 13.3 Å². The molecule has 2 N–H and O–H groups in total. The zero-order valence-electron chi connectivity index (χ0n) is 16.4. The fourth-order valence-corrected chi connectivity index (χ4v) is 2.91. The van der Waals surface area contributed by atoms with Crippen molar-refractivity contribution in [3.63, 3.8) is 0 Å². The van der Waals surface area contributed by atoms with Crippen LogP contribution in [0.5, 0.6) is 11.5 Å². The Balaban J connectivity index is 1.68. The zero-order valence-corrected chi connectivity index (χ0v) is 16.4. The van der Waals surface area contributed by atoms with Crippen LogP contribution in [-0.4, -0.2) is 43.3 Å². The second-order valence-electron chi connectivity index (χ2n) is 6.62. The largest absolute Gasteiger partial charge is 0.494 e. The number of amides is 3. The van der Waals surface area contributed by atoms with Crippen LogP contribution < -0.4 is 20.1 Å². The number of urea groups is 1. The molecule has 0 bridgehead atoms. The molecule has 8 nitrogen and oxygen atoms in total. The number of esters is 1. The van der Waals surface area contributed by atoms with E-state index >= 15 is 0 Å². The summed E-state index contributed by atoms with van der Waals surface area (Å²) in [6.45, 7) is 3.50. The van der Waals surface area contributed by atoms with Gasteiger partial charge in [-0.25, -0.2) is 9.59 Å². The van der Waals surface area contributed by atoms with Crippen molar-refractivity contribution in [1.82, 2.24) is 10.6 Å². The molecular weight excluding hydrogens is 364 g/mol. The first-order chi connectivity index (χ1) is 13.5. The Bertz CT molecular complexity index is 655. The number of imide groups is 1. The quantitative estimate of drug-likeness (QED) is 0.659. The zero-order chi connectivity index (χ0) is 20.4. The van der Waals surface area contributed by atoms with Crippen LogP contribution in [0.15, 0.2) is 24.3 Å². The van der Waals surface area contributed by atoms with Crippen molar-refractivity contribution >= 4 is 17.9 Å². The topological polar surface area (TPSA) is 103 Å². The summed E-state index contributed by atoms with van der Waals surface area (Å²) in [6.07, 6.45) is 4.03. The molecule has 0 aliphatic heterocycles. The van der Waals surface area contributed by atoms with Crippen LogP contribution in [0, 0.1) is 0 Å². The molecule has 0 unspecified atom stereocenters. The van der Waals surface area contributed by atoms with Gasteiger partial charge in [-0.3, -0.25) is 10.1 Å². The van der Waals surface area contributed by atoms with Crippen molar-refractivity contribution in [2.45, 2.75) is 58.1 Å². The third kappa shape index (κ3) is 7.46. The van der Waals surface area contributed by atoms with Gasteiger partial charge in [0.1, 0.15) is 11.5 Å². The highest BCUT2D eigenvalue weighted by molar-refractivity contribution is 5.97. The van der Waals surface area contributed by atoms with E-state index in [0.29, 0.717) is 18.1 Å². The van der Waals surface area contributed by atoms with Gasteiger partial charge in [0.05, 0.1) is 6.61 Å². The van der Waals surface area contributed by atoms with E-state index < -0.39 is 24.0 Å². The second kappa shape index (κ2) is 11.2. The van der Waals surface area contributed by atoms with Gasteiger partial charge in [-0.05, 0) is 51.0 Å². The summed E-state index contributed by atoms with van der Waals surface area (Å²) in [5, 5.41) is 4.98. The molecule has 1 saturated carbocycles. The summed E-state index contributed by atoms with van der Waals surface area (Å²) >= 11 is 0. The van der Waals surface area contributed by atoms with Crippen LogP contribution in [0.3, 0.4) is 0 Å². The van der Waals surface area contributed by atoms with Crippen molar-refractivity contribution in [3.8, 4) is 11.5 Å². The Morgan fingerprint density at radius 2 is 1.64 bits per heavy atom. The van der Waals surface area contributed by atoms with Gasteiger partial charge >= 0.3 is 12.0 Å². The summed E-state index contributed by atoms with van der Waals surface area (Å²) in [5.41, 5.74) is 0. The van der Waals surface area contributed by atoms with Crippen molar-refractivity contribution in [1.29, 1.82) is 0 Å². The van der Waals surface area contributed by atoms with Crippen LogP contribution >= 0.6 is 0 Å². The summed E-state index contributed by atoms with van der Waals surface area (Å²) in [6, 6.07) is 6.32. The minimum atomic E-state index is -1.10. The van der Waals surface area contributed by atoms with Crippen LogP contribution in [0.25, 0.3) is 0 Å². The number of hydrogen-bond donors (Lipinski definition) is 2. The van der Waals surface area contributed by atoms with Gasteiger partial charge in [0, 0.05) is 6.04 Å². The Labute approximate surface area is 164 Å². The SMILES string of the molecule is CCOc1ccc(OCC(=O)O[C@@H](C)C(=O)NC(=O)NC2CCCCC2)cc1. The minimum absolute atomic E-state index is 0.0851. The molecule has 3 amide bonds.